The molecular formula is C15H21FN2O2S. The van der Waals surface area contributed by atoms with Crippen molar-refractivity contribution in [2.45, 2.75) is 30.6 Å². The van der Waals surface area contributed by atoms with Gasteiger partial charge in [-0.05, 0) is 49.1 Å². The second kappa shape index (κ2) is 5.25. The minimum Gasteiger partial charge on any atom is -0.398 e. The summed E-state index contributed by atoms with van der Waals surface area (Å²) >= 11 is 0. The topological polar surface area (TPSA) is 63.4 Å². The number of anilines is 1. The summed E-state index contributed by atoms with van der Waals surface area (Å²) in [6, 6.07) is 3.97. The molecule has 2 bridgehead atoms. The van der Waals surface area contributed by atoms with E-state index in [1.165, 1.54) is 42.7 Å². The number of hydrogen-bond donors (Lipinski definition) is 1. The van der Waals surface area contributed by atoms with E-state index < -0.39 is 20.7 Å². The Morgan fingerprint density at radius 3 is 2.67 bits per heavy atom. The fourth-order valence-electron chi connectivity index (χ4n) is 3.98. The zero-order chi connectivity index (χ0) is 15.2. The highest BCUT2D eigenvalue weighted by Crippen LogP contribution is 2.48. The average molecular weight is 312 g/mol. The van der Waals surface area contributed by atoms with Crippen molar-refractivity contribution in [3.05, 3.63) is 24.0 Å². The lowest BCUT2D eigenvalue weighted by atomic mass is 9.89. The molecule has 2 N–H and O–H groups in total. The Balaban J connectivity index is 1.81. The number of nitrogens with zero attached hydrogens (tertiary/aromatic N) is 1. The Bertz CT molecular complexity index is 627. The van der Waals surface area contributed by atoms with Crippen molar-refractivity contribution in [1.29, 1.82) is 0 Å². The normalized spacial score (nSPS) is 28.4. The second-order valence-corrected chi connectivity index (χ2v) is 8.36. The van der Waals surface area contributed by atoms with Crippen LogP contribution in [0.3, 0.4) is 0 Å². The molecule has 2 saturated carbocycles. The molecule has 4 nitrogen and oxygen atoms in total. The minimum absolute atomic E-state index is 0.0326. The molecule has 1 aromatic rings. The van der Waals surface area contributed by atoms with E-state index in [0.717, 1.165) is 18.4 Å². The summed E-state index contributed by atoms with van der Waals surface area (Å²) < 4.78 is 40.3. The van der Waals surface area contributed by atoms with E-state index in [1.54, 1.807) is 0 Å². The van der Waals surface area contributed by atoms with Gasteiger partial charge in [-0.1, -0.05) is 12.5 Å². The lowest BCUT2D eigenvalue weighted by Crippen LogP contribution is -2.34. The fourth-order valence-corrected chi connectivity index (χ4v) is 5.36. The molecular weight excluding hydrogens is 291 g/mol. The number of fused-ring (bicyclic) bond motifs is 2. The summed E-state index contributed by atoms with van der Waals surface area (Å²) in [5.41, 5.74) is 5.64. The van der Waals surface area contributed by atoms with Crippen LogP contribution in [-0.2, 0) is 10.0 Å². The van der Waals surface area contributed by atoms with Crippen molar-refractivity contribution in [3.8, 4) is 0 Å². The molecule has 0 aliphatic heterocycles. The average Bonchev–Trinajstić information content (AvgIpc) is 3.00. The molecule has 6 heteroatoms. The first-order valence-corrected chi connectivity index (χ1v) is 8.84. The van der Waals surface area contributed by atoms with Crippen LogP contribution in [0.15, 0.2) is 23.1 Å². The maximum absolute atomic E-state index is 13.9. The zero-order valence-corrected chi connectivity index (χ0v) is 12.9. The van der Waals surface area contributed by atoms with Crippen LogP contribution in [0.5, 0.6) is 0 Å². The molecule has 0 radical (unpaired) electrons. The highest BCUT2D eigenvalue weighted by molar-refractivity contribution is 7.89. The van der Waals surface area contributed by atoms with E-state index in [4.69, 9.17) is 5.73 Å². The second-order valence-electron chi connectivity index (χ2n) is 6.38. The molecule has 3 unspecified atom stereocenters. The number of benzene rings is 1. The molecule has 3 atom stereocenters. The molecule has 116 valence electrons. The Kier molecular flexibility index (Phi) is 3.69. The van der Waals surface area contributed by atoms with Crippen LogP contribution in [0.25, 0.3) is 0 Å². The molecule has 0 saturated heterocycles. The zero-order valence-electron chi connectivity index (χ0n) is 12.1. The van der Waals surface area contributed by atoms with Gasteiger partial charge in [-0.25, -0.2) is 17.1 Å². The molecule has 2 fully saturated rings. The van der Waals surface area contributed by atoms with Gasteiger partial charge in [-0.2, -0.15) is 0 Å². The molecule has 3 rings (SSSR count). The highest BCUT2D eigenvalue weighted by atomic mass is 32.2. The van der Waals surface area contributed by atoms with Gasteiger partial charge < -0.3 is 5.73 Å². The molecule has 0 heterocycles. The van der Waals surface area contributed by atoms with Gasteiger partial charge in [0, 0.05) is 13.6 Å². The van der Waals surface area contributed by atoms with Gasteiger partial charge in [0.25, 0.3) is 0 Å². The van der Waals surface area contributed by atoms with Crippen LogP contribution in [-0.4, -0.2) is 26.3 Å². The van der Waals surface area contributed by atoms with Crippen LogP contribution >= 0.6 is 0 Å². The summed E-state index contributed by atoms with van der Waals surface area (Å²) in [5, 5.41) is 0. The quantitative estimate of drug-likeness (QED) is 0.869. The van der Waals surface area contributed by atoms with Gasteiger partial charge in [0.2, 0.25) is 10.0 Å². The third kappa shape index (κ3) is 2.55. The van der Waals surface area contributed by atoms with E-state index >= 15 is 0 Å². The summed E-state index contributed by atoms with van der Waals surface area (Å²) in [6.45, 7) is 0.456. The number of nitrogens with two attached hydrogens (primary N) is 1. The predicted octanol–water partition coefficient (Wildman–Crippen LogP) is 2.46. The third-order valence-electron chi connectivity index (χ3n) is 5.04. The van der Waals surface area contributed by atoms with E-state index in [1.807, 2.05) is 0 Å². The Labute approximate surface area is 125 Å². The fraction of sp³-hybridized carbons (Fsp3) is 0.600. The lowest BCUT2D eigenvalue weighted by Gasteiger charge is -2.27. The summed E-state index contributed by atoms with van der Waals surface area (Å²) in [6.07, 6.45) is 4.79. The van der Waals surface area contributed by atoms with Gasteiger partial charge in [0.15, 0.2) is 0 Å². The Morgan fingerprint density at radius 2 is 2.10 bits per heavy atom. The number of halogens is 1. The largest absolute Gasteiger partial charge is 0.398 e. The van der Waals surface area contributed by atoms with E-state index in [2.05, 4.69) is 0 Å². The predicted molar refractivity (Wildman–Crippen MR) is 79.6 cm³/mol. The van der Waals surface area contributed by atoms with Crippen LogP contribution in [0.1, 0.15) is 25.7 Å². The van der Waals surface area contributed by atoms with Crippen molar-refractivity contribution in [3.63, 3.8) is 0 Å². The first-order valence-electron chi connectivity index (χ1n) is 7.40. The molecule has 2 aliphatic rings. The van der Waals surface area contributed by atoms with Gasteiger partial charge in [0.1, 0.15) is 10.7 Å². The first kappa shape index (κ1) is 14.8. The molecule has 21 heavy (non-hydrogen) atoms. The molecule has 0 aromatic heterocycles. The molecule has 1 aromatic carbocycles. The van der Waals surface area contributed by atoms with Gasteiger partial charge >= 0.3 is 0 Å². The number of rotatable bonds is 4. The summed E-state index contributed by atoms with van der Waals surface area (Å²) in [5.74, 6) is 1.01. The minimum atomic E-state index is -3.87. The van der Waals surface area contributed by atoms with Crippen LogP contribution in [0.4, 0.5) is 10.1 Å². The van der Waals surface area contributed by atoms with Crippen molar-refractivity contribution >= 4 is 15.7 Å². The summed E-state index contributed by atoms with van der Waals surface area (Å²) in [7, 11) is -2.35. The van der Waals surface area contributed by atoms with Crippen LogP contribution < -0.4 is 5.73 Å². The molecule has 0 spiro atoms. The number of nitrogen functional groups attached to an aromatic ring is 1. The van der Waals surface area contributed by atoms with Crippen LogP contribution in [0, 0.1) is 23.6 Å². The first-order chi connectivity index (χ1) is 9.89. The molecule has 0 amide bonds. The van der Waals surface area contributed by atoms with E-state index in [0.29, 0.717) is 18.4 Å². The van der Waals surface area contributed by atoms with Crippen LogP contribution in [0.2, 0.25) is 0 Å². The highest BCUT2D eigenvalue weighted by Gasteiger charge is 2.41. The third-order valence-corrected chi connectivity index (χ3v) is 6.96. The lowest BCUT2D eigenvalue weighted by molar-refractivity contribution is 0.280. The molecule has 2 aliphatic carbocycles. The van der Waals surface area contributed by atoms with Gasteiger partial charge in [0.05, 0.1) is 5.69 Å². The SMILES string of the molecule is CN(CC1CC2CCC1C2)S(=O)(=O)c1c(N)cccc1F. The Hall–Kier alpha value is -1.14. The van der Waals surface area contributed by atoms with Gasteiger partial charge in [-0.3, -0.25) is 0 Å². The van der Waals surface area contributed by atoms with Crippen molar-refractivity contribution in [1.82, 2.24) is 4.31 Å². The van der Waals surface area contributed by atoms with E-state index in [9.17, 15) is 12.8 Å². The maximum Gasteiger partial charge on any atom is 0.247 e. The van der Waals surface area contributed by atoms with Crippen molar-refractivity contribution < 1.29 is 12.8 Å². The van der Waals surface area contributed by atoms with Crippen molar-refractivity contribution in [2.75, 3.05) is 19.3 Å². The monoisotopic (exact) mass is 312 g/mol. The standard InChI is InChI=1S/C15H21FN2O2S/c1-18(9-12-8-10-5-6-11(12)7-10)21(19,20)15-13(16)3-2-4-14(15)17/h2-4,10-12H,5-9,17H2,1H3. The number of hydrogen-bond acceptors (Lipinski definition) is 3. The van der Waals surface area contributed by atoms with Gasteiger partial charge in [-0.15, -0.1) is 0 Å². The van der Waals surface area contributed by atoms with E-state index in [-0.39, 0.29) is 5.69 Å². The van der Waals surface area contributed by atoms with Crippen molar-refractivity contribution in [2.24, 2.45) is 17.8 Å². The summed E-state index contributed by atoms with van der Waals surface area (Å²) in [4.78, 5) is -0.393. The maximum atomic E-state index is 13.9. The number of sulfonamides is 1. The smallest absolute Gasteiger partial charge is 0.247 e. The Morgan fingerprint density at radius 1 is 1.33 bits per heavy atom.